The van der Waals surface area contributed by atoms with Gasteiger partial charge in [-0.2, -0.15) is 0 Å². The van der Waals surface area contributed by atoms with E-state index in [0.717, 1.165) is 50.9 Å². The van der Waals surface area contributed by atoms with Crippen molar-refractivity contribution in [2.24, 2.45) is 11.3 Å². The number of nitrogens with one attached hydrogen (secondary N) is 2. The van der Waals surface area contributed by atoms with Crippen LogP contribution < -0.4 is 21.3 Å². The average molecular weight is 478 g/mol. The number of hydrogen-bond donors (Lipinski definition) is 5. The largest absolute Gasteiger partial charge is 0.397 e. The van der Waals surface area contributed by atoms with Crippen molar-refractivity contribution in [2.75, 3.05) is 56.4 Å². The molecule has 1 aromatic carbocycles. The number of piperidine rings is 2. The van der Waals surface area contributed by atoms with E-state index >= 15 is 0 Å². The molecule has 6 N–H and O–H groups in total. The van der Waals surface area contributed by atoms with Gasteiger partial charge in [-0.1, -0.05) is 0 Å². The molecule has 3 saturated heterocycles. The van der Waals surface area contributed by atoms with Gasteiger partial charge in [-0.05, 0) is 74.7 Å². The van der Waals surface area contributed by atoms with Gasteiger partial charge in [0.05, 0.1) is 11.4 Å². The molecule has 0 aromatic heterocycles. The molecule has 34 heavy (non-hydrogen) atoms. The number of hydrogen-bond acceptors (Lipinski definition) is 7. The number of nitrogen functional groups attached to an aromatic ring is 1. The number of carbonyl (C=O) groups is 2. The molecule has 3 fully saturated rings. The van der Waals surface area contributed by atoms with Gasteiger partial charge in [0.1, 0.15) is 5.82 Å². The summed E-state index contributed by atoms with van der Waals surface area (Å²) in [5.74, 6) is -1.49. The maximum atomic E-state index is 13.3. The second-order valence-electron chi connectivity index (χ2n) is 10.0. The number of amides is 2. The SMILES string of the molecule is Nc1cc(F)ccc1N1CCC(CNC(=O)[C@H](O)[C@@H](O)C(=O)N2CCC3(CCNCC3)C2)CC1. The molecule has 188 valence electrons. The van der Waals surface area contributed by atoms with Gasteiger partial charge in [0.25, 0.3) is 11.8 Å². The van der Waals surface area contributed by atoms with Crippen molar-refractivity contribution in [3.8, 4) is 0 Å². The van der Waals surface area contributed by atoms with Gasteiger partial charge in [0, 0.05) is 32.7 Å². The standard InChI is InChI=1S/C24H36FN5O4/c25-17-1-2-19(18(26)13-17)29-10-3-16(4-11-29)14-28-22(33)20(31)21(32)23(34)30-12-7-24(15-30)5-8-27-9-6-24/h1-2,13,16,20-21,27,31-32H,3-12,14-15,26H2,(H,28,33)/t20-,21-/m1/s1. The molecule has 4 rings (SSSR count). The Hall–Kier alpha value is -2.43. The lowest BCUT2D eigenvalue weighted by Crippen LogP contribution is -2.51. The van der Waals surface area contributed by atoms with Crippen LogP contribution in [0.3, 0.4) is 0 Å². The van der Waals surface area contributed by atoms with Crippen LogP contribution >= 0.6 is 0 Å². The Kier molecular flexibility index (Phi) is 7.59. The number of anilines is 2. The first-order chi connectivity index (χ1) is 16.3. The van der Waals surface area contributed by atoms with E-state index in [1.165, 1.54) is 12.1 Å². The fourth-order valence-corrected chi connectivity index (χ4v) is 5.49. The van der Waals surface area contributed by atoms with E-state index in [0.29, 0.717) is 38.4 Å². The zero-order chi connectivity index (χ0) is 24.3. The van der Waals surface area contributed by atoms with E-state index in [1.807, 2.05) is 0 Å². The zero-order valence-electron chi connectivity index (χ0n) is 19.5. The summed E-state index contributed by atoms with van der Waals surface area (Å²) in [6.45, 7) is 4.73. The first-order valence-corrected chi connectivity index (χ1v) is 12.2. The zero-order valence-corrected chi connectivity index (χ0v) is 19.5. The van der Waals surface area contributed by atoms with Gasteiger partial charge in [-0.15, -0.1) is 0 Å². The normalized spacial score (nSPS) is 22.6. The molecule has 10 heteroatoms. The third-order valence-electron chi connectivity index (χ3n) is 7.74. The van der Waals surface area contributed by atoms with Crippen molar-refractivity contribution in [3.63, 3.8) is 0 Å². The van der Waals surface area contributed by atoms with E-state index in [-0.39, 0.29) is 17.2 Å². The molecule has 1 spiro atoms. The molecule has 0 aliphatic carbocycles. The molecular formula is C24H36FN5O4. The number of carbonyl (C=O) groups excluding carboxylic acids is 2. The first-order valence-electron chi connectivity index (χ1n) is 12.2. The second-order valence-corrected chi connectivity index (χ2v) is 10.0. The van der Waals surface area contributed by atoms with Crippen LogP contribution in [-0.2, 0) is 9.59 Å². The molecule has 9 nitrogen and oxygen atoms in total. The molecule has 0 saturated carbocycles. The third kappa shape index (κ3) is 5.45. The molecular weight excluding hydrogens is 441 g/mol. The molecule has 0 bridgehead atoms. The summed E-state index contributed by atoms with van der Waals surface area (Å²) < 4.78 is 13.3. The van der Waals surface area contributed by atoms with Crippen LogP contribution in [0.25, 0.3) is 0 Å². The fraction of sp³-hybridized carbons (Fsp3) is 0.667. The minimum Gasteiger partial charge on any atom is -0.397 e. The van der Waals surface area contributed by atoms with Crippen molar-refractivity contribution in [2.45, 2.75) is 44.3 Å². The van der Waals surface area contributed by atoms with Crippen molar-refractivity contribution in [3.05, 3.63) is 24.0 Å². The molecule has 2 amide bonds. The van der Waals surface area contributed by atoms with Crippen LogP contribution in [0.1, 0.15) is 32.1 Å². The molecule has 0 radical (unpaired) electrons. The van der Waals surface area contributed by atoms with E-state index in [1.54, 1.807) is 11.0 Å². The highest BCUT2D eigenvalue weighted by molar-refractivity contribution is 5.90. The number of rotatable bonds is 6. The monoisotopic (exact) mass is 477 g/mol. The molecule has 0 unspecified atom stereocenters. The Bertz CT molecular complexity index is 886. The predicted molar refractivity (Wildman–Crippen MR) is 127 cm³/mol. The molecule has 1 aromatic rings. The Morgan fingerprint density at radius 2 is 1.85 bits per heavy atom. The Morgan fingerprint density at radius 1 is 1.15 bits per heavy atom. The van der Waals surface area contributed by atoms with E-state index in [4.69, 9.17) is 5.73 Å². The second kappa shape index (κ2) is 10.5. The van der Waals surface area contributed by atoms with Gasteiger partial charge in [0.2, 0.25) is 0 Å². The van der Waals surface area contributed by atoms with Gasteiger partial charge in [-0.25, -0.2) is 4.39 Å². The highest BCUT2D eigenvalue weighted by Gasteiger charge is 2.43. The smallest absolute Gasteiger partial charge is 0.254 e. The highest BCUT2D eigenvalue weighted by Crippen LogP contribution is 2.38. The Labute approximate surface area is 199 Å². The number of nitrogens with zero attached hydrogens (tertiary/aromatic N) is 2. The number of benzene rings is 1. The summed E-state index contributed by atoms with van der Waals surface area (Å²) in [5, 5.41) is 26.7. The summed E-state index contributed by atoms with van der Waals surface area (Å²) in [6.07, 6.45) is 0.887. The Balaban J connectivity index is 1.21. The number of nitrogens with two attached hydrogens (primary N) is 1. The summed E-state index contributed by atoms with van der Waals surface area (Å²) in [6, 6.07) is 4.37. The summed E-state index contributed by atoms with van der Waals surface area (Å²) >= 11 is 0. The summed E-state index contributed by atoms with van der Waals surface area (Å²) in [7, 11) is 0. The number of aliphatic hydroxyl groups is 2. The van der Waals surface area contributed by atoms with Crippen LogP contribution in [-0.4, -0.2) is 84.9 Å². The maximum absolute atomic E-state index is 13.3. The lowest BCUT2D eigenvalue weighted by Gasteiger charge is -2.34. The van der Waals surface area contributed by atoms with Crippen LogP contribution in [0.5, 0.6) is 0 Å². The lowest BCUT2D eigenvalue weighted by molar-refractivity contribution is -0.152. The van der Waals surface area contributed by atoms with E-state index < -0.39 is 24.0 Å². The molecule has 3 aliphatic heterocycles. The van der Waals surface area contributed by atoms with Crippen molar-refractivity contribution in [1.29, 1.82) is 0 Å². The van der Waals surface area contributed by atoms with Gasteiger partial charge in [0.15, 0.2) is 12.2 Å². The number of halogens is 1. The maximum Gasteiger partial charge on any atom is 0.254 e. The van der Waals surface area contributed by atoms with Crippen LogP contribution in [0.2, 0.25) is 0 Å². The van der Waals surface area contributed by atoms with E-state index in [9.17, 15) is 24.2 Å². The quantitative estimate of drug-likeness (QED) is 0.366. The minimum absolute atomic E-state index is 0.0846. The fourth-order valence-electron chi connectivity index (χ4n) is 5.49. The van der Waals surface area contributed by atoms with E-state index in [2.05, 4.69) is 15.5 Å². The molecule has 3 heterocycles. The lowest BCUT2D eigenvalue weighted by atomic mass is 9.78. The highest BCUT2D eigenvalue weighted by atomic mass is 19.1. The van der Waals surface area contributed by atoms with Gasteiger partial charge in [-0.3, -0.25) is 9.59 Å². The summed E-state index contributed by atoms with van der Waals surface area (Å²) in [5.41, 5.74) is 7.22. The minimum atomic E-state index is -1.80. The first kappa shape index (κ1) is 24.7. The third-order valence-corrected chi connectivity index (χ3v) is 7.74. The summed E-state index contributed by atoms with van der Waals surface area (Å²) in [4.78, 5) is 28.8. The van der Waals surface area contributed by atoms with Crippen molar-refractivity contribution in [1.82, 2.24) is 15.5 Å². The van der Waals surface area contributed by atoms with Crippen LogP contribution in [0, 0.1) is 17.2 Å². The van der Waals surface area contributed by atoms with Gasteiger partial charge >= 0.3 is 0 Å². The molecule has 3 aliphatic rings. The van der Waals surface area contributed by atoms with Crippen molar-refractivity contribution < 1.29 is 24.2 Å². The molecule has 2 atom stereocenters. The van der Waals surface area contributed by atoms with Crippen molar-refractivity contribution >= 4 is 23.2 Å². The Morgan fingerprint density at radius 3 is 2.53 bits per heavy atom. The number of likely N-dealkylation sites (tertiary alicyclic amines) is 1. The number of aliphatic hydroxyl groups excluding tert-OH is 2. The topological polar surface area (TPSA) is 131 Å². The van der Waals surface area contributed by atoms with Gasteiger partial charge < -0.3 is 36.4 Å². The predicted octanol–water partition coefficient (Wildman–Crippen LogP) is 0.0644. The average Bonchev–Trinajstić information content (AvgIpc) is 3.25. The van der Waals surface area contributed by atoms with Crippen LogP contribution in [0.15, 0.2) is 18.2 Å². The van der Waals surface area contributed by atoms with Crippen LogP contribution in [0.4, 0.5) is 15.8 Å².